The summed E-state index contributed by atoms with van der Waals surface area (Å²) in [7, 11) is 0. The third-order valence-corrected chi connectivity index (χ3v) is 12.1. The summed E-state index contributed by atoms with van der Waals surface area (Å²) in [6.45, 7) is 10.7. The van der Waals surface area contributed by atoms with Crippen LogP contribution in [0.4, 0.5) is 0 Å². The van der Waals surface area contributed by atoms with Crippen LogP contribution < -0.4 is 13.2 Å². The predicted octanol–water partition coefficient (Wildman–Crippen LogP) is 5.01. The summed E-state index contributed by atoms with van der Waals surface area (Å²) in [5.74, 6) is 0. The molecular weight excluding hydrogens is 457 g/mol. The Morgan fingerprint density at radius 2 is 0.968 bits per heavy atom. The summed E-state index contributed by atoms with van der Waals surface area (Å²) < 4.78 is 4.50. The maximum absolute atomic E-state index is 5.85. The Morgan fingerprint density at radius 3 is 1.23 bits per heavy atom. The van der Waals surface area contributed by atoms with Crippen LogP contribution in [0.5, 0.6) is 0 Å². The van der Waals surface area contributed by atoms with Crippen molar-refractivity contribution in [3.63, 3.8) is 0 Å². The quantitative estimate of drug-likeness (QED) is 0.465. The third kappa shape index (κ3) is 6.28. The summed E-state index contributed by atoms with van der Waals surface area (Å²) in [5, 5.41) is 0. The summed E-state index contributed by atoms with van der Waals surface area (Å²) >= 11 is 4.22. The van der Waals surface area contributed by atoms with Gasteiger partial charge in [-0.1, -0.05) is 0 Å². The van der Waals surface area contributed by atoms with E-state index < -0.39 is 14.3 Å². The molecule has 1 nitrogen and oxygen atoms in total. The zero-order valence-corrected chi connectivity index (χ0v) is 22.0. The Bertz CT molecular complexity index is 806. The van der Waals surface area contributed by atoms with Crippen LogP contribution >= 0.6 is 11.5 Å². The van der Waals surface area contributed by atoms with Crippen LogP contribution in [0.25, 0.3) is 0 Å². The van der Waals surface area contributed by atoms with Gasteiger partial charge in [-0.3, -0.25) is 0 Å². The van der Waals surface area contributed by atoms with Crippen LogP contribution in [0, 0.1) is 0 Å². The molecular formula is C27H33BClGeN. The van der Waals surface area contributed by atoms with Gasteiger partial charge in [0, 0.05) is 11.1 Å². The van der Waals surface area contributed by atoms with Gasteiger partial charge in [-0.05, 0) is 47.0 Å². The van der Waals surface area contributed by atoms with Gasteiger partial charge >= 0.3 is 125 Å². The van der Waals surface area contributed by atoms with Crippen LogP contribution in [0.1, 0.15) is 47.0 Å². The molecule has 160 valence electrons. The molecule has 0 N–H and O–H groups in total. The van der Waals surface area contributed by atoms with E-state index in [-0.39, 0.29) is 11.1 Å². The Morgan fingerprint density at radius 1 is 0.645 bits per heavy atom. The minimum atomic E-state index is -1.63. The molecule has 0 atom stereocenters. The molecule has 31 heavy (non-hydrogen) atoms. The number of benzene rings is 3. The Kier molecular flexibility index (Phi) is 8.49. The SMILES string of the molecule is CC1(C)CCCC(C)(C)N1[B]Cl.c1cc[c]([Ge]([c]2ccccc2)[c]2ccccc2)cc1. The number of nitrogens with zero attached hydrogens (tertiary/aromatic N) is 1. The number of hydrogen-bond acceptors (Lipinski definition) is 1. The van der Waals surface area contributed by atoms with Gasteiger partial charge < -0.3 is 4.81 Å². The molecule has 1 aliphatic rings. The summed E-state index contributed by atoms with van der Waals surface area (Å²) in [6, 6.07) is 32.8. The van der Waals surface area contributed by atoms with E-state index in [9.17, 15) is 0 Å². The van der Waals surface area contributed by atoms with Gasteiger partial charge in [-0.2, -0.15) is 11.5 Å². The Labute approximate surface area is 199 Å². The van der Waals surface area contributed by atoms with Crippen LogP contribution in [-0.4, -0.2) is 37.1 Å². The van der Waals surface area contributed by atoms with E-state index in [0.717, 1.165) is 0 Å². The van der Waals surface area contributed by atoms with E-state index in [2.05, 4.69) is 124 Å². The van der Waals surface area contributed by atoms with E-state index in [4.69, 9.17) is 11.5 Å². The molecule has 3 aromatic rings. The normalized spacial score (nSPS) is 17.5. The molecule has 0 aliphatic carbocycles. The maximum atomic E-state index is 5.85. The first-order valence-electron chi connectivity index (χ1n) is 11.1. The molecule has 1 saturated heterocycles. The Balaban J connectivity index is 0.000000196. The van der Waals surface area contributed by atoms with Gasteiger partial charge in [-0.15, -0.1) is 0 Å². The van der Waals surface area contributed by atoms with Crippen molar-refractivity contribution in [2.24, 2.45) is 0 Å². The second kappa shape index (κ2) is 10.9. The average molecular weight is 490 g/mol. The molecule has 0 amide bonds. The van der Waals surface area contributed by atoms with E-state index >= 15 is 0 Å². The predicted molar refractivity (Wildman–Crippen MR) is 139 cm³/mol. The molecule has 2 radical (unpaired) electrons. The molecule has 1 aliphatic heterocycles. The van der Waals surface area contributed by atoms with Crippen molar-refractivity contribution in [1.29, 1.82) is 0 Å². The van der Waals surface area contributed by atoms with E-state index in [1.54, 1.807) is 6.83 Å². The molecule has 0 unspecified atom stereocenters. The fourth-order valence-corrected chi connectivity index (χ4v) is 10.5. The van der Waals surface area contributed by atoms with Crippen molar-refractivity contribution < 1.29 is 0 Å². The number of halogens is 1. The summed E-state index contributed by atoms with van der Waals surface area (Å²) in [6.07, 6.45) is 3.78. The molecule has 3 aromatic carbocycles. The monoisotopic (exact) mass is 491 g/mol. The van der Waals surface area contributed by atoms with Crippen LogP contribution in [0.3, 0.4) is 0 Å². The zero-order chi connectivity index (χ0) is 22.3. The van der Waals surface area contributed by atoms with Gasteiger partial charge in [0.15, 0.2) is 0 Å². The topological polar surface area (TPSA) is 3.24 Å². The first kappa shape index (κ1) is 24.2. The summed E-state index contributed by atoms with van der Waals surface area (Å²) in [5.41, 5.74) is 0.451. The Hall–Kier alpha value is -1.48. The molecule has 0 saturated carbocycles. The fourth-order valence-electron chi connectivity index (χ4n) is 4.59. The van der Waals surface area contributed by atoms with Crippen LogP contribution in [0.15, 0.2) is 91.0 Å². The second-order valence-electron chi connectivity index (χ2n) is 9.42. The van der Waals surface area contributed by atoms with Crippen molar-refractivity contribution in [3.8, 4) is 0 Å². The molecule has 1 fully saturated rings. The van der Waals surface area contributed by atoms with Gasteiger partial charge in [0.2, 0.25) is 0 Å². The molecule has 0 spiro atoms. The van der Waals surface area contributed by atoms with Crippen molar-refractivity contribution >= 4 is 45.8 Å². The molecule has 4 rings (SSSR count). The first-order valence-corrected chi connectivity index (χ1v) is 14.7. The molecule has 0 aromatic heterocycles. The average Bonchev–Trinajstić information content (AvgIpc) is 2.76. The molecule has 4 heteroatoms. The van der Waals surface area contributed by atoms with Crippen molar-refractivity contribution in [2.75, 3.05) is 0 Å². The van der Waals surface area contributed by atoms with Crippen LogP contribution in [-0.2, 0) is 0 Å². The van der Waals surface area contributed by atoms with Gasteiger partial charge in [0.1, 0.15) is 0 Å². The van der Waals surface area contributed by atoms with Gasteiger partial charge in [0.05, 0.1) is 0 Å². The second-order valence-corrected chi connectivity index (χ2v) is 14.8. The number of hydrogen-bond donors (Lipinski definition) is 0. The molecule has 0 bridgehead atoms. The third-order valence-electron chi connectivity index (χ3n) is 6.17. The zero-order valence-electron chi connectivity index (χ0n) is 19.2. The fraction of sp³-hybridized carbons (Fsp3) is 0.333. The van der Waals surface area contributed by atoms with E-state index in [1.165, 1.54) is 32.5 Å². The standard InChI is InChI=1S/C18H15Ge.C9H18BClN/c1-4-10-16(11-5-1)19(17-12-6-2-7-13-17)18-14-8-3-9-15-18;1-8(2)6-5-7-9(3,4)12(8)10-11/h1-15H;5-7H2,1-4H3. The van der Waals surface area contributed by atoms with E-state index in [1.807, 2.05) is 0 Å². The minimum absolute atomic E-state index is 0.226. The number of piperidine rings is 1. The molecule has 1 heterocycles. The van der Waals surface area contributed by atoms with Gasteiger partial charge in [0.25, 0.3) is 0 Å². The van der Waals surface area contributed by atoms with Crippen molar-refractivity contribution in [1.82, 2.24) is 4.81 Å². The first-order chi connectivity index (χ1) is 14.8. The van der Waals surface area contributed by atoms with Gasteiger partial charge in [-0.25, -0.2) is 0 Å². The summed E-state index contributed by atoms with van der Waals surface area (Å²) in [4.78, 5) is 2.28. The number of rotatable bonds is 4. The van der Waals surface area contributed by atoms with Crippen molar-refractivity contribution in [2.45, 2.75) is 58.0 Å². The van der Waals surface area contributed by atoms with E-state index in [0.29, 0.717) is 0 Å². The van der Waals surface area contributed by atoms with Crippen molar-refractivity contribution in [3.05, 3.63) is 91.0 Å². The van der Waals surface area contributed by atoms with Crippen LogP contribution in [0.2, 0.25) is 0 Å².